The Labute approximate surface area is 226 Å². The smallest absolute Gasteiger partial charge is 0.264 e. The van der Waals surface area contributed by atoms with Gasteiger partial charge in [-0.3, -0.25) is 9.69 Å². The number of hydrogen-bond donors (Lipinski definition) is 0. The first-order chi connectivity index (χ1) is 18.3. The average molecular weight is 530 g/mol. The molecule has 6 rings (SSSR count). The molecule has 0 aliphatic carbocycles. The van der Waals surface area contributed by atoms with Crippen LogP contribution in [0.5, 0.6) is 0 Å². The number of aromatic nitrogens is 1. The lowest BCUT2D eigenvalue weighted by Gasteiger charge is -2.40. The van der Waals surface area contributed by atoms with E-state index in [4.69, 9.17) is 16.1 Å². The van der Waals surface area contributed by atoms with Gasteiger partial charge in [0, 0.05) is 29.8 Å². The zero-order chi connectivity index (χ0) is 26.4. The summed E-state index contributed by atoms with van der Waals surface area (Å²) in [7, 11) is 0. The Morgan fingerprint density at radius 3 is 2.53 bits per heavy atom. The molecule has 1 aromatic heterocycles. The molecule has 1 saturated heterocycles. The Morgan fingerprint density at radius 1 is 1.05 bits per heavy atom. The van der Waals surface area contributed by atoms with E-state index in [-0.39, 0.29) is 17.1 Å². The molecule has 1 spiro atoms. The summed E-state index contributed by atoms with van der Waals surface area (Å²) in [6.45, 7) is 7.09. The maximum absolute atomic E-state index is 14.2. The first kappa shape index (κ1) is 24.8. The minimum atomic E-state index is -0.213. The summed E-state index contributed by atoms with van der Waals surface area (Å²) in [5.41, 5.74) is 5.98. The van der Waals surface area contributed by atoms with Gasteiger partial charge in [-0.1, -0.05) is 64.8 Å². The van der Waals surface area contributed by atoms with Gasteiger partial charge in [-0.25, -0.2) is 4.39 Å². The summed E-state index contributed by atoms with van der Waals surface area (Å²) in [5.74, 6) is 0.151. The Kier molecular flexibility index (Phi) is 6.33. The zero-order valence-electron chi connectivity index (χ0n) is 21.5. The molecule has 0 saturated carbocycles. The van der Waals surface area contributed by atoms with Crippen LogP contribution in [-0.2, 0) is 12.0 Å². The molecule has 2 aliphatic heterocycles. The second-order valence-electron chi connectivity index (χ2n) is 10.5. The molecule has 0 N–H and O–H groups in total. The van der Waals surface area contributed by atoms with Gasteiger partial charge < -0.3 is 9.42 Å². The predicted molar refractivity (Wildman–Crippen MR) is 147 cm³/mol. The van der Waals surface area contributed by atoms with Crippen molar-refractivity contribution < 1.29 is 13.7 Å². The number of carbonyl (C=O) groups is 1. The molecule has 4 aromatic rings. The van der Waals surface area contributed by atoms with Crippen LogP contribution in [0.15, 0.2) is 71.3 Å². The monoisotopic (exact) mass is 529 g/mol. The number of aryl methyl sites for hydroxylation is 2. The summed E-state index contributed by atoms with van der Waals surface area (Å²) in [4.78, 5) is 18.5. The van der Waals surface area contributed by atoms with E-state index in [2.05, 4.69) is 35.2 Å². The van der Waals surface area contributed by atoms with Crippen molar-refractivity contribution in [1.82, 2.24) is 10.1 Å². The normalized spacial score (nSPS) is 16.7. The van der Waals surface area contributed by atoms with Crippen LogP contribution in [0.2, 0.25) is 5.02 Å². The van der Waals surface area contributed by atoms with Gasteiger partial charge >= 0.3 is 0 Å². The standard InChI is InChI=1S/C31H29ClFN3O2/c1-20-7-12-27-25(17-20)31(13-15-35(16-14-31)18-22-8-10-23(33)11-9-22)19-36(27)30(37)28-21(2)38-34-29(28)24-5-3-4-6-26(24)32/h3-12,17H,13-16,18-19H2,1-2H3. The lowest BCUT2D eigenvalue weighted by atomic mass is 9.74. The molecule has 5 nitrogen and oxygen atoms in total. The first-order valence-electron chi connectivity index (χ1n) is 13.0. The topological polar surface area (TPSA) is 49.6 Å². The van der Waals surface area contributed by atoms with Crippen molar-refractivity contribution in [1.29, 1.82) is 0 Å². The molecule has 3 aromatic carbocycles. The van der Waals surface area contributed by atoms with Crippen molar-refractivity contribution in [3.05, 3.63) is 106 Å². The fourth-order valence-electron chi connectivity index (χ4n) is 5.97. The molecule has 0 unspecified atom stereocenters. The third-order valence-electron chi connectivity index (χ3n) is 8.06. The summed E-state index contributed by atoms with van der Waals surface area (Å²) < 4.78 is 18.9. The Balaban J connectivity index is 1.30. The molecule has 0 bridgehead atoms. The number of amides is 1. The van der Waals surface area contributed by atoms with Crippen LogP contribution in [0.4, 0.5) is 10.1 Å². The van der Waals surface area contributed by atoms with E-state index in [1.165, 1.54) is 23.3 Å². The van der Waals surface area contributed by atoms with Crippen molar-refractivity contribution in [3.63, 3.8) is 0 Å². The van der Waals surface area contributed by atoms with Gasteiger partial charge in [0.1, 0.15) is 22.8 Å². The highest BCUT2D eigenvalue weighted by molar-refractivity contribution is 6.33. The summed E-state index contributed by atoms with van der Waals surface area (Å²) in [6, 6.07) is 20.5. The van der Waals surface area contributed by atoms with E-state index in [9.17, 15) is 9.18 Å². The van der Waals surface area contributed by atoms with E-state index in [0.29, 0.717) is 34.1 Å². The summed E-state index contributed by atoms with van der Waals surface area (Å²) >= 11 is 6.47. The van der Waals surface area contributed by atoms with Crippen LogP contribution in [0, 0.1) is 19.7 Å². The Morgan fingerprint density at radius 2 is 1.79 bits per heavy atom. The van der Waals surface area contributed by atoms with Crippen LogP contribution >= 0.6 is 11.6 Å². The number of benzene rings is 3. The largest absolute Gasteiger partial charge is 0.360 e. The minimum absolute atomic E-state index is 0.116. The molecule has 1 fully saturated rings. The van der Waals surface area contributed by atoms with Gasteiger partial charge in [0.25, 0.3) is 5.91 Å². The quantitative estimate of drug-likeness (QED) is 0.287. The van der Waals surface area contributed by atoms with Crippen molar-refractivity contribution in [3.8, 4) is 11.3 Å². The van der Waals surface area contributed by atoms with E-state index in [1.54, 1.807) is 13.0 Å². The average Bonchev–Trinajstić information content (AvgIpc) is 3.44. The van der Waals surface area contributed by atoms with Gasteiger partial charge in [-0.2, -0.15) is 0 Å². The number of carbonyl (C=O) groups excluding carboxylic acids is 1. The van der Waals surface area contributed by atoms with Gasteiger partial charge in [0.05, 0.1) is 5.02 Å². The molecule has 2 aliphatic rings. The second kappa shape index (κ2) is 9.68. The molecule has 0 radical (unpaired) electrons. The number of piperidine rings is 1. The van der Waals surface area contributed by atoms with Crippen LogP contribution < -0.4 is 4.90 Å². The third-order valence-corrected chi connectivity index (χ3v) is 8.39. The summed E-state index contributed by atoms with van der Waals surface area (Å²) in [5, 5.41) is 4.76. The fourth-order valence-corrected chi connectivity index (χ4v) is 6.20. The number of rotatable bonds is 4. The predicted octanol–water partition coefficient (Wildman–Crippen LogP) is 6.95. The SMILES string of the molecule is Cc1ccc2c(c1)C1(CCN(Cc3ccc(F)cc3)CC1)CN2C(=O)c1c(-c2ccccc2Cl)noc1C. The van der Waals surface area contributed by atoms with Crippen LogP contribution in [0.1, 0.15) is 45.7 Å². The zero-order valence-corrected chi connectivity index (χ0v) is 22.3. The number of nitrogens with zero attached hydrogens (tertiary/aromatic N) is 3. The van der Waals surface area contributed by atoms with Crippen LogP contribution in [0.3, 0.4) is 0 Å². The number of fused-ring (bicyclic) bond motifs is 2. The molecular weight excluding hydrogens is 501 g/mol. The molecule has 3 heterocycles. The van der Waals surface area contributed by atoms with Gasteiger partial charge in [-0.05, 0) is 75.2 Å². The van der Waals surface area contributed by atoms with E-state index < -0.39 is 0 Å². The maximum atomic E-state index is 14.2. The third kappa shape index (κ3) is 4.32. The lowest BCUT2D eigenvalue weighted by molar-refractivity contribution is 0.0974. The first-order valence-corrected chi connectivity index (χ1v) is 13.3. The van der Waals surface area contributed by atoms with Gasteiger partial charge in [0.2, 0.25) is 0 Å². The molecule has 0 atom stereocenters. The number of anilines is 1. The fraction of sp³-hybridized carbons (Fsp3) is 0.290. The molecule has 194 valence electrons. The Hall–Kier alpha value is -3.48. The summed E-state index contributed by atoms with van der Waals surface area (Å²) in [6.07, 6.45) is 1.88. The Bertz CT molecular complexity index is 1510. The number of halogens is 2. The van der Waals surface area contributed by atoms with E-state index in [0.717, 1.165) is 43.7 Å². The van der Waals surface area contributed by atoms with E-state index in [1.807, 2.05) is 35.2 Å². The van der Waals surface area contributed by atoms with Crippen LogP contribution in [-0.4, -0.2) is 35.6 Å². The van der Waals surface area contributed by atoms with Gasteiger partial charge in [-0.15, -0.1) is 0 Å². The highest BCUT2D eigenvalue weighted by atomic mass is 35.5. The van der Waals surface area contributed by atoms with Crippen molar-refractivity contribution in [2.24, 2.45) is 0 Å². The molecule has 38 heavy (non-hydrogen) atoms. The van der Waals surface area contributed by atoms with Crippen molar-refractivity contribution in [2.75, 3.05) is 24.5 Å². The number of likely N-dealkylation sites (tertiary alicyclic amines) is 1. The maximum Gasteiger partial charge on any atom is 0.264 e. The number of hydrogen-bond acceptors (Lipinski definition) is 4. The van der Waals surface area contributed by atoms with Crippen molar-refractivity contribution in [2.45, 2.75) is 38.6 Å². The van der Waals surface area contributed by atoms with Crippen molar-refractivity contribution >= 4 is 23.2 Å². The van der Waals surface area contributed by atoms with E-state index >= 15 is 0 Å². The minimum Gasteiger partial charge on any atom is -0.360 e. The highest BCUT2D eigenvalue weighted by Gasteiger charge is 2.47. The highest BCUT2D eigenvalue weighted by Crippen LogP contribution is 2.48. The lowest BCUT2D eigenvalue weighted by Crippen LogP contribution is -2.45. The van der Waals surface area contributed by atoms with Crippen LogP contribution in [0.25, 0.3) is 11.3 Å². The van der Waals surface area contributed by atoms with Gasteiger partial charge in [0.15, 0.2) is 0 Å². The molecule has 7 heteroatoms. The molecular formula is C31H29ClFN3O2. The molecule has 1 amide bonds. The second-order valence-corrected chi connectivity index (χ2v) is 10.9.